The SMILES string of the molecule is NC(=O)CCC(NC(=O)C(Cc1ccccc1)NC(=O)C(Cc1ccccc1)NC(=O)C(N)CO)C(=O)O. The van der Waals surface area contributed by atoms with E-state index in [2.05, 4.69) is 16.0 Å². The van der Waals surface area contributed by atoms with Gasteiger partial charge in [-0.3, -0.25) is 19.2 Å². The molecule has 4 unspecified atom stereocenters. The second kappa shape index (κ2) is 15.1. The highest BCUT2D eigenvalue weighted by Crippen LogP contribution is 2.08. The van der Waals surface area contributed by atoms with E-state index in [4.69, 9.17) is 11.5 Å². The number of primary amides is 1. The molecular formula is C26H33N5O7. The Morgan fingerprint density at radius 2 is 1.13 bits per heavy atom. The minimum absolute atomic E-state index is 0.0166. The molecule has 12 heteroatoms. The van der Waals surface area contributed by atoms with Crippen LogP contribution in [0.1, 0.15) is 24.0 Å². The minimum atomic E-state index is -1.41. The van der Waals surface area contributed by atoms with Gasteiger partial charge in [-0.1, -0.05) is 60.7 Å². The van der Waals surface area contributed by atoms with Crippen molar-refractivity contribution in [3.63, 3.8) is 0 Å². The fourth-order valence-corrected chi connectivity index (χ4v) is 3.57. The lowest BCUT2D eigenvalue weighted by atomic mass is 10.0. The third kappa shape index (κ3) is 9.99. The van der Waals surface area contributed by atoms with Crippen molar-refractivity contribution in [2.75, 3.05) is 6.61 Å². The first kappa shape index (κ1) is 29.9. The summed E-state index contributed by atoms with van der Waals surface area (Å²) in [4.78, 5) is 61.6. The largest absolute Gasteiger partial charge is 0.480 e. The van der Waals surface area contributed by atoms with Crippen LogP contribution in [0.5, 0.6) is 0 Å². The van der Waals surface area contributed by atoms with Crippen LogP contribution in [-0.4, -0.2) is 70.6 Å². The summed E-state index contributed by atoms with van der Waals surface area (Å²) in [7, 11) is 0. The Bertz CT molecular complexity index is 1100. The number of aliphatic hydroxyl groups excluding tert-OH is 1. The number of carbonyl (C=O) groups excluding carboxylic acids is 4. The summed E-state index contributed by atoms with van der Waals surface area (Å²) >= 11 is 0. The van der Waals surface area contributed by atoms with E-state index in [1.807, 2.05) is 0 Å². The predicted molar refractivity (Wildman–Crippen MR) is 137 cm³/mol. The number of carboxylic acid groups (broad SMARTS) is 1. The highest BCUT2D eigenvalue weighted by molar-refractivity contribution is 5.94. The molecule has 0 spiro atoms. The van der Waals surface area contributed by atoms with Crippen molar-refractivity contribution in [1.29, 1.82) is 0 Å². The summed E-state index contributed by atoms with van der Waals surface area (Å²) in [6.45, 7) is -0.633. The van der Waals surface area contributed by atoms with Gasteiger partial charge < -0.3 is 37.6 Å². The fraction of sp³-hybridized carbons (Fsp3) is 0.346. The number of carboxylic acids is 1. The van der Waals surface area contributed by atoms with Crippen molar-refractivity contribution in [3.8, 4) is 0 Å². The van der Waals surface area contributed by atoms with Gasteiger partial charge in [0.1, 0.15) is 24.2 Å². The highest BCUT2D eigenvalue weighted by atomic mass is 16.4. The number of amides is 4. The summed E-state index contributed by atoms with van der Waals surface area (Å²) < 4.78 is 0. The van der Waals surface area contributed by atoms with Gasteiger partial charge in [-0.2, -0.15) is 0 Å². The molecule has 204 valence electrons. The third-order valence-corrected chi connectivity index (χ3v) is 5.66. The number of nitrogens with one attached hydrogen (secondary N) is 3. The van der Waals surface area contributed by atoms with Crippen molar-refractivity contribution < 1.29 is 34.2 Å². The van der Waals surface area contributed by atoms with E-state index in [1.165, 1.54) is 0 Å². The summed E-state index contributed by atoms with van der Waals surface area (Å²) in [5.74, 6) is -4.36. The Hall–Kier alpha value is -4.29. The van der Waals surface area contributed by atoms with Gasteiger partial charge in [-0.15, -0.1) is 0 Å². The van der Waals surface area contributed by atoms with Crippen LogP contribution in [-0.2, 0) is 36.8 Å². The van der Waals surface area contributed by atoms with Gasteiger partial charge in [0, 0.05) is 19.3 Å². The number of hydrogen-bond donors (Lipinski definition) is 7. The van der Waals surface area contributed by atoms with Crippen LogP contribution in [0, 0.1) is 0 Å². The van der Waals surface area contributed by atoms with Crippen LogP contribution in [0.3, 0.4) is 0 Å². The van der Waals surface area contributed by atoms with Crippen molar-refractivity contribution in [3.05, 3.63) is 71.8 Å². The van der Waals surface area contributed by atoms with E-state index in [0.29, 0.717) is 11.1 Å². The molecule has 0 saturated carbocycles. The zero-order chi connectivity index (χ0) is 28.1. The Morgan fingerprint density at radius 1 is 0.711 bits per heavy atom. The number of nitrogens with two attached hydrogens (primary N) is 2. The van der Waals surface area contributed by atoms with Crippen molar-refractivity contribution in [1.82, 2.24) is 16.0 Å². The zero-order valence-electron chi connectivity index (χ0n) is 20.7. The maximum Gasteiger partial charge on any atom is 0.326 e. The molecule has 2 aromatic carbocycles. The van der Waals surface area contributed by atoms with Crippen LogP contribution >= 0.6 is 0 Å². The molecule has 0 aliphatic heterocycles. The molecule has 0 aromatic heterocycles. The average Bonchev–Trinajstić information content (AvgIpc) is 2.90. The molecule has 4 amide bonds. The maximum absolute atomic E-state index is 13.3. The summed E-state index contributed by atoms with van der Waals surface area (Å²) in [5.41, 5.74) is 12.1. The van der Waals surface area contributed by atoms with Gasteiger partial charge in [-0.25, -0.2) is 4.79 Å². The van der Waals surface area contributed by atoms with Gasteiger partial charge in [0.25, 0.3) is 0 Å². The first-order chi connectivity index (χ1) is 18.1. The molecule has 0 saturated heterocycles. The van der Waals surface area contributed by atoms with Gasteiger partial charge in [0.2, 0.25) is 23.6 Å². The molecule has 38 heavy (non-hydrogen) atoms. The second-order valence-corrected chi connectivity index (χ2v) is 8.70. The number of carbonyl (C=O) groups is 5. The summed E-state index contributed by atoms with van der Waals surface area (Å²) in [6.07, 6.45) is -0.410. The quantitative estimate of drug-likeness (QED) is 0.146. The average molecular weight is 528 g/mol. The fourth-order valence-electron chi connectivity index (χ4n) is 3.57. The maximum atomic E-state index is 13.3. The van der Waals surface area contributed by atoms with E-state index < -0.39 is 60.4 Å². The first-order valence-electron chi connectivity index (χ1n) is 12.0. The van der Waals surface area contributed by atoms with Gasteiger partial charge in [0.05, 0.1) is 6.61 Å². The van der Waals surface area contributed by atoms with Crippen LogP contribution in [0.25, 0.3) is 0 Å². The number of aliphatic hydroxyl groups is 1. The Morgan fingerprint density at radius 3 is 1.53 bits per heavy atom. The molecular weight excluding hydrogens is 494 g/mol. The number of aliphatic carboxylic acids is 1. The third-order valence-electron chi connectivity index (χ3n) is 5.66. The van der Waals surface area contributed by atoms with E-state index >= 15 is 0 Å². The molecule has 2 rings (SSSR count). The molecule has 0 fully saturated rings. The normalized spacial score (nSPS) is 13.8. The molecule has 0 radical (unpaired) electrons. The van der Waals surface area contributed by atoms with Gasteiger partial charge in [-0.05, 0) is 17.5 Å². The van der Waals surface area contributed by atoms with Crippen molar-refractivity contribution in [2.45, 2.75) is 49.9 Å². The van der Waals surface area contributed by atoms with Crippen LogP contribution in [0.4, 0.5) is 0 Å². The van der Waals surface area contributed by atoms with E-state index in [1.54, 1.807) is 60.7 Å². The topological polar surface area (TPSA) is 214 Å². The van der Waals surface area contributed by atoms with Gasteiger partial charge in [0.15, 0.2) is 0 Å². The van der Waals surface area contributed by atoms with Crippen LogP contribution in [0.2, 0.25) is 0 Å². The number of rotatable bonds is 15. The molecule has 0 aliphatic carbocycles. The molecule has 12 nitrogen and oxygen atoms in total. The van der Waals surface area contributed by atoms with Crippen molar-refractivity contribution >= 4 is 29.6 Å². The zero-order valence-corrected chi connectivity index (χ0v) is 20.7. The van der Waals surface area contributed by atoms with E-state index in [-0.39, 0.29) is 25.7 Å². The lowest BCUT2D eigenvalue weighted by Crippen LogP contribution is -2.58. The van der Waals surface area contributed by atoms with Gasteiger partial charge >= 0.3 is 5.97 Å². The molecule has 0 heterocycles. The summed E-state index contributed by atoms with van der Waals surface area (Å²) in [5, 5.41) is 26.2. The second-order valence-electron chi connectivity index (χ2n) is 8.70. The monoisotopic (exact) mass is 527 g/mol. The predicted octanol–water partition coefficient (Wildman–Crippen LogP) is -1.40. The molecule has 0 bridgehead atoms. The molecule has 9 N–H and O–H groups in total. The van der Waals surface area contributed by atoms with E-state index in [9.17, 15) is 34.2 Å². The summed E-state index contributed by atoms with van der Waals surface area (Å²) in [6, 6.07) is 12.5. The minimum Gasteiger partial charge on any atom is -0.480 e. The Labute approximate surface area is 219 Å². The van der Waals surface area contributed by atoms with E-state index in [0.717, 1.165) is 0 Å². The Balaban J connectivity index is 2.28. The molecule has 2 aromatic rings. The van der Waals surface area contributed by atoms with Crippen molar-refractivity contribution in [2.24, 2.45) is 11.5 Å². The smallest absolute Gasteiger partial charge is 0.326 e. The standard InChI is InChI=1S/C26H33N5O7/c27-18(15-32)23(34)30-20(13-16-7-3-1-4-8-16)25(36)31-21(14-17-9-5-2-6-10-17)24(35)29-19(26(37)38)11-12-22(28)33/h1-10,18-21,32H,11-15,27H2,(H2,28,33)(H,29,35)(H,30,34)(H,31,36)(H,37,38). The van der Waals surface area contributed by atoms with Crippen LogP contribution < -0.4 is 27.4 Å². The molecule has 4 atom stereocenters. The molecule has 0 aliphatic rings. The lowest BCUT2D eigenvalue weighted by Gasteiger charge is -2.25. The number of hydrogen-bond acceptors (Lipinski definition) is 7. The highest BCUT2D eigenvalue weighted by Gasteiger charge is 2.30. The first-order valence-corrected chi connectivity index (χ1v) is 12.0. The Kier molecular flexibility index (Phi) is 11.9. The van der Waals surface area contributed by atoms with Crippen LogP contribution in [0.15, 0.2) is 60.7 Å². The lowest BCUT2D eigenvalue weighted by molar-refractivity contribution is -0.142. The number of benzene rings is 2.